The zero-order chi connectivity index (χ0) is 8.93. The van der Waals surface area contributed by atoms with Crippen LogP contribution in [0, 0.1) is 0 Å². The van der Waals surface area contributed by atoms with Crippen molar-refractivity contribution in [2.75, 3.05) is 0 Å². The van der Waals surface area contributed by atoms with E-state index in [1.54, 1.807) is 0 Å². The molecule has 3 nitrogen and oxygen atoms in total. The molecule has 0 heterocycles. The third-order valence-electron chi connectivity index (χ3n) is 2.60. The van der Waals surface area contributed by atoms with Crippen molar-refractivity contribution in [1.29, 1.82) is 0 Å². The van der Waals surface area contributed by atoms with Crippen molar-refractivity contribution in [3.05, 3.63) is 11.1 Å². The molecule has 0 bridgehead atoms. The zero-order valence-electron chi connectivity index (χ0n) is 6.26. The minimum atomic E-state index is -1.48. The summed E-state index contributed by atoms with van der Waals surface area (Å²) in [7, 11) is 0. The van der Waals surface area contributed by atoms with E-state index in [1.807, 2.05) is 0 Å². The fourth-order valence-electron chi connectivity index (χ4n) is 1.76. The molecule has 2 rings (SSSR count). The maximum atomic E-state index is 13.2. The van der Waals surface area contributed by atoms with E-state index >= 15 is 0 Å². The molecular formula is C8H7FO3. The lowest BCUT2D eigenvalue weighted by molar-refractivity contribution is -0.148. The summed E-state index contributed by atoms with van der Waals surface area (Å²) in [6.45, 7) is 0. The lowest BCUT2D eigenvalue weighted by atomic mass is 9.60. The number of hydrogen-bond acceptors (Lipinski definition) is 2. The summed E-state index contributed by atoms with van der Waals surface area (Å²) in [4.78, 5) is 21.0. The minimum Gasteiger partial charge on any atom is -0.475 e. The van der Waals surface area contributed by atoms with Gasteiger partial charge in [-0.15, -0.1) is 0 Å². The highest BCUT2D eigenvalue weighted by molar-refractivity contribution is 6.40. The Kier molecular flexibility index (Phi) is 1.21. The second-order valence-electron chi connectivity index (χ2n) is 3.23. The monoisotopic (exact) mass is 170 g/mol. The number of halogens is 1. The predicted molar refractivity (Wildman–Crippen MR) is 37.4 cm³/mol. The summed E-state index contributed by atoms with van der Waals surface area (Å²) in [5.41, 5.74) is -0.688. The van der Waals surface area contributed by atoms with Crippen LogP contribution in [0.5, 0.6) is 0 Å². The second-order valence-corrected chi connectivity index (χ2v) is 3.23. The van der Waals surface area contributed by atoms with E-state index < -0.39 is 17.4 Å². The Morgan fingerprint density at radius 3 is 2.42 bits per heavy atom. The van der Waals surface area contributed by atoms with Gasteiger partial charge in [-0.25, -0.2) is 9.18 Å². The molecule has 0 spiro atoms. The molecule has 4 heteroatoms. The molecule has 0 aromatic rings. The van der Waals surface area contributed by atoms with Gasteiger partial charge < -0.3 is 5.11 Å². The second kappa shape index (κ2) is 1.94. The Morgan fingerprint density at radius 2 is 2.17 bits per heavy atom. The molecule has 1 atom stereocenters. The van der Waals surface area contributed by atoms with Crippen LogP contribution < -0.4 is 0 Å². The van der Waals surface area contributed by atoms with Gasteiger partial charge in [0, 0.05) is 12.0 Å². The number of carboxylic acids is 1. The van der Waals surface area contributed by atoms with Crippen molar-refractivity contribution < 1.29 is 19.1 Å². The molecule has 0 saturated heterocycles. The number of Topliss-reactive ketones (excluding diaryl/α,β-unsaturated/α-hetero) is 1. The summed E-state index contributed by atoms with van der Waals surface area (Å²) in [6.07, 6.45) is 0.997. The highest BCUT2D eigenvalue weighted by atomic mass is 19.1. The molecule has 0 aromatic carbocycles. The van der Waals surface area contributed by atoms with Crippen molar-refractivity contribution in [2.45, 2.75) is 24.9 Å². The van der Waals surface area contributed by atoms with Gasteiger partial charge in [-0.05, 0) is 18.4 Å². The number of rotatable bonds is 2. The molecule has 2 aliphatic rings. The number of aliphatic carboxylic acids is 1. The highest BCUT2D eigenvalue weighted by Crippen LogP contribution is 2.55. The largest absolute Gasteiger partial charge is 0.475 e. The van der Waals surface area contributed by atoms with E-state index in [0.717, 1.165) is 0 Å². The quantitative estimate of drug-likeness (QED) is 0.625. The maximum Gasteiger partial charge on any atom is 0.376 e. The number of allylic oxidation sites excluding steroid dienone is 1. The average Bonchev–Trinajstić information content (AvgIpc) is 2.00. The third kappa shape index (κ3) is 0.695. The lowest BCUT2D eigenvalue weighted by Crippen LogP contribution is -2.47. The van der Waals surface area contributed by atoms with E-state index in [0.29, 0.717) is 18.4 Å². The zero-order valence-corrected chi connectivity index (χ0v) is 6.26. The van der Waals surface area contributed by atoms with E-state index in [1.165, 1.54) is 0 Å². The first-order chi connectivity index (χ1) is 5.54. The first-order valence-electron chi connectivity index (χ1n) is 3.74. The highest BCUT2D eigenvalue weighted by Gasteiger charge is 2.54. The molecule has 0 radical (unpaired) electrons. The maximum absolute atomic E-state index is 13.2. The first kappa shape index (κ1) is 7.46. The van der Waals surface area contributed by atoms with Crippen LogP contribution in [0.3, 0.4) is 0 Å². The standard InChI is InChI=1S/C8H7FO3/c9-8-2-1-5(8)4(3-8)6(10)7(11)12/h1-3H2,(H,11,12). The first-order valence-corrected chi connectivity index (χ1v) is 3.74. The summed E-state index contributed by atoms with van der Waals surface area (Å²) in [5.74, 6) is -2.41. The van der Waals surface area contributed by atoms with Crippen LogP contribution >= 0.6 is 0 Å². The van der Waals surface area contributed by atoms with Gasteiger partial charge in [-0.1, -0.05) is 0 Å². The Balaban J connectivity index is 2.25. The topological polar surface area (TPSA) is 54.4 Å². The van der Waals surface area contributed by atoms with Crippen molar-refractivity contribution in [1.82, 2.24) is 0 Å². The van der Waals surface area contributed by atoms with Crippen molar-refractivity contribution in [2.24, 2.45) is 0 Å². The van der Waals surface area contributed by atoms with Crippen LogP contribution in [-0.2, 0) is 9.59 Å². The molecule has 0 amide bonds. The van der Waals surface area contributed by atoms with Crippen molar-refractivity contribution in [3.63, 3.8) is 0 Å². The van der Waals surface area contributed by atoms with Gasteiger partial charge in [-0.3, -0.25) is 4.79 Å². The average molecular weight is 170 g/mol. The molecule has 64 valence electrons. The van der Waals surface area contributed by atoms with Crippen molar-refractivity contribution in [3.8, 4) is 0 Å². The van der Waals surface area contributed by atoms with Crippen LogP contribution in [0.4, 0.5) is 4.39 Å². The van der Waals surface area contributed by atoms with Crippen LogP contribution in [0.25, 0.3) is 0 Å². The Morgan fingerprint density at radius 1 is 1.50 bits per heavy atom. The number of alkyl halides is 1. The summed E-state index contributed by atoms with van der Waals surface area (Å²) < 4.78 is 13.2. The predicted octanol–water partition coefficient (Wildman–Crippen LogP) is 0.843. The number of carbonyl (C=O) groups excluding carboxylic acids is 1. The van der Waals surface area contributed by atoms with Gasteiger partial charge in [0.15, 0.2) is 0 Å². The van der Waals surface area contributed by atoms with Gasteiger partial charge in [-0.2, -0.15) is 0 Å². The molecule has 1 fully saturated rings. The number of fused-ring (bicyclic) bond motifs is 1. The van der Waals surface area contributed by atoms with Crippen LogP contribution in [0.1, 0.15) is 19.3 Å². The molecule has 1 saturated carbocycles. The van der Waals surface area contributed by atoms with Gasteiger partial charge in [0.2, 0.25) is 0 Å². The Hall–Kier alpha value is -1.19. The smallest absolute Gasteiger partial charge is 0.376 e. The van der Waals surface area contributed by atoms with Crippen LogP contribution in [0.2, 0.25) is 0 Å². The van der Waals surface area contributed by atoms with E-state index in [4.69, 9.17) is 5.11 Å². The van der Waals surface area contributed by atoms with Gasteiger partial charge in [0.25, 0.3) is 5.78 Å². The Labute approximate surface area is 67.9 Å². The van der Waals surface area contributed by atoms with E-state index in [-0.39, 0.29) is 12.0 Å². The summed E-state index contributed by atoms with van der Waals surface area (Å²) in [6, 6.07) is 0. The van der Waals surface area contributed by atoms with Gasteiger partial charge in [0.1, 0.15) is 5.67 Å². The Bertz CT molecular complexity index is 318. The van der Waals surface area contributed by atoms with Gasteiger partial charge >= 0.3 is 5.97 Å². The molecule has 12 heavy (non-hydrogen) atoms. The number of hydrogen-bond donors (Lipinski definition) is 1. The fourth-order valence-corrected chi connectivity index (χ4v) is 1.76. The molecule has 1 N–H and O–H groups in total. The fraction of sp³-hybridized carbons (Fsp3) is 0.500. The van der Waals surface area contributed by atoms with E-state index in [9.17, 15) is 14.0 Å². The molecular weight excluding hydrogens is 163 g/mol. The van der Waals surface area contributed by atoms with Crippen LogP contribution in [-0.4, -0.2) is 22.5 Å². The molecule has 0 aliphatic heterocycles. The molecule has 1 unspecified atom stereocenters. The van der Waals surface area contributed by atoms with E-state index in [2.05, 4.69) is 0 Å². The number of ketones is 1. The van der Waals surface area contributed by atoms with Crippen molar-refractivity contribution >= 4 is 11.8 Å². The normalized spacial score (nSPS) is 31.8. The molecule has 2 aliphatic carbocycles. The van der Waals surface area contributed by atoms with Crippen LogP contribution in [0.15, 0.2) is 11.1 Å². The summed E-state index contributed by atoms with van der Waals surface area (Å²) in [5, 5.41) is 8.32. The summed E-state index contributed by atoms with van der Waals surface area (Å²) >= 11 is 0. The SMILES string of the molecule is O=C(O)C(=O)C1=C2CCC2(F)C1. The number of carboxylic acid groups (broad SMARTS) is 1. The minimum absolute atomic E-state index is 0.00741. The number of carbonyl (C=O) groups is 2. The molecule has 0 aromatic heterocycles. The third-order valence-corrected chi connectivity index (χ3v) is 2.60. The van der Waals surface area contributed by atoms with Gasteiger partial charge in [0.05, 0.1) is 0 Å². The lowest BCUT2D eigenvalue weighted by Gasteiger charge is -2.47.